The Morgan fingerprint density at radius 1 is 1.25 bits per heavy atom. The van der Waals surface area contributed by atoms with E-state index in [1.165, 1.54) is 0 Å². The number of ether oxygens (including phenoxy) is 4. The molecule has 1 aromatic heterocycles. The summed E-state index contributed by atoms with van der Waals surface area (Å²) in [5, 5.41) is 5.24. The second-order valence-electron chi connectivity index (χ2n) is 4.37. The van der Waals surface area contributed by atoms with Gasteiger partial charge in [0.1, 0.15) is 5.82 Å². The summed E-state index contributed by atoms with van der Waals surface area (Å²) in [6.07, 6.45) is 1.43. The number of hydrogen-bond donors (Lipinski definition) is 1. The first-order valence-corrected chi connectivity index (χ1v) is 6.29. The summed E-state index contributed by atoms with van der Waals surface area (Å²) in [5.41, 5.74) is 0. The Kier molecular flexibility index (Phi) is 3.58. The highest BCUT2D eigenvalue weighted by atomic mass is 16.7. The summed E-state index contributed by atoms with van der Waals surface area (Å²) >= 11 is 0. The molecule has 1 aliphatic rings. The normalized spacial score (nSPS) is 13.2. The zero-order valence-electron chi connectivity index (χ0n) is 11.4. The van der Waals surface area contributed by atoms with Crippen molar-refractivity contribution in [2.45, 2.75) is 6.29 Å². The number of nitrogens with zero attached hydrogens (tertiary/aromatic N) is 1. The Bertz CT molecular complexity index is 613. The molecule has 0 fully saturated rings. The lowest BCUT2D eigenvalue weighted by Gasteiger charge is -2.15. The van der Waals surface area contributed by atoms with Crippen LogP contribution in [-0.2, 0) is 9.47 Å². The molecule has 0 amide bonds. The lowest BCUT2D eigenvalue weighted by atomic mass is 10.1. The van der Waals surface area contributed by atoms with Crippen LogP contribution in [0, 0.1) is 0 Å². The number of pyridine rings is 1. The monoisotopic (exact) mass is 276 g/mol. The molecule has 2 aromatic rings. The number of hydrogen-bond acceptors (Lipinski definition) is 6. The Morgan fingerprint density at radius 3 is 2.75 bits per heavy atom. The summed E-state index contributed by atoms with van der Waals surface area (Å²) in [6.45, 7) is 0.769. The molecule has 20 heavy (non-hydrogen) atoms. The number of aromatic nitrogens is 1. The minimum Gasteiger partial charge on any atom is -0.454 e. The van der Waals surface area contributed by atoms with Gasteiger partial charge in [0.05, 0.1) is 6.54 Å². The highest BCUT2D eigenvalue weighted by Crippen LogP contribution is 2.37. The molecule has 3 rings (SSSR count). The Morgan fingerprint density at radius 2 is 2.00 bits per heavy atom. The third-order valence-electron chi connectivity index (χ3n) is 3.22. The van der Waals surface area contributed by atoms with Crippen LogP contribution in [0.3, 0.4) is 0 Å². The first kappa shape index (κ1) is 13.0. The molecular weight excluding hydrogens is 260 g/mol. The summed E-state index contributed by atoms with van der Waals surface area (Å²) < 4.78 is 21.1. The number of methoxy groups -OCH3 is 2. The van der Waals surface area contributed by atoms with Gasteiger partial charge in [-0.2, -0.15) is 0 Å². The van der Waals surface area contributed by atoms with Crippen molar-refractivity contribution in [1.29, 1.82) is 0 Å². The van der Waals surface area contributed by atoms with Gasteiger partial charge in [-0.1, -0.05) is 0 Å². The zero-order chi connectivity index (χ0) is 13.9. The standard InChI is InChI=1S/C14H16N2O4/c1-17-13(18-2)7-16-14-10-6-12-11(19-8-20-12)5-9(10)3-4-15-14/h3-6,13H,7-8H2,1-2H3,(H,15,16). The number of anilines is 1. The number of rotatable bonds is 5. The smallest absolute Gasteiger partial charge is 0.231 e. The number of nitrogens with one attached hydrogen (secondary N) is 1. The van der Waals surface area contributed by atoms with Gasteiger partial charge in [-0.05, 0) is 23.6 Å². The molecular formula is C14H16N2O4. The van der Waals surface area contributed by atoms with Crippen molar-refractivity contribution in [3.8, 4) is 11.5 Å². The van der Waals surface area contributed by atoms with Crippen LogP contribution < -0.4 is 14.8 Å². The van der Waals surface area contributed by atoms with Gasteiger partial charge in [0, 0.05) is 25.8 Å². The fourth-order valence-corrected chi connectivity index (χ4v) is 2.15. The molecule has 0 saturated carbocycles. The lowest BCUT2D eigenvalue weighted by molar-refractivity contribution is -0.0914. The van der Waals surface area contributed by atoms with Crippen LogP contribution in [0.15, 0.2) is 24.4 Å². The van der Waals surface area contributed by atoms with Crippen LogP contribution in [-0.4, -0.2) is 38.8 Å². The maximum atomic E-state index is 5.40. The third-order valence-corrected chi connectivity index (χ3v) is 3.22. The van der Waals surface area contributed by atoms with Crippen LogP contribution in [0.1, 0.15) is 0 Å². The quantitative estimate of drug-likeness (QED) is 0.843. The fourth-order valence-electron chi connectivity index (χ4n) is 2.15. The van der Waals surface area contributed by atoms with E-state index in [4.69, 9.17) is 18.9 Å². The average Bonchev–Trinajstić information content (AvgIpc) is 2.93. The maximum Gasteiger partial charge on any atom is 0.231 e. The van der Waals surface area contributed by atoms with Gasteiger partial charge < -0.3 is 24.3 Å². The summed E-state index contributed by atoms with van der Waals surface area (Å²) in [6, 6.07) is 5.82. The predicted octanol–water partition coefficient (Wildman–Crippen LogP) is 1.99. The van der Waals surface area contributed by atoms with Crippen molar-refractivity contribution in [3.05, 3.63) is 24.4 Å². The molecule has 0 bridgehead atoms. The van der Waals surface area contributed by atoms with Gasteiger partial charge in [-0.25, -0.2) is 4.98 Å². The van der Waals surface area contributed by atoms with Crippen molar-refractivity contribution >= 4 is 16.6 Å². The zero-order valence-corrected chi connectivity index (χ0v) is 11.4. The van der Waals surface area contributed by atoms with E-state index in [9.17, 15) is 0 Å². The molecule has 1 N–H and O–H groups in total. The van der Waals surface area contributed by atoms with E-state index in [0.29, 0.717) is 6.54 Å². The predicted molar refractivity (Wildman–Crippen MR) is 74.2 cm³/mol. The van der Waals surface area contributed by atoms with Crippen molar-refractivity contribution in [3.63, 3.8) is 0 Å². The van der Waals surface area contributed by atoms with Gasteiger partial charge >= 0.3 is 0 Å². The van der Waals surface area contributed by atoms with E-state index >= 15 is 0 Å². The van der Waals surface area contributed by atoms with Crippen LogP contribution in [0.4, 0.5) is 5.82 Å². The summed E-state index contributed by atoms with van der Waals surface area (Å²) in [5.74, 6) is 2.27. The van der Waals surface area contributed by atoms with E-state index in [1.54, 1.807) is 20.4 Å². The second-order valence-corrected chi connectivity index (χ2v) is 4.37. The van der Waals surface area contributed by atoms with Crippen molar-refractivity contribution in [1.82, 2.24) is 4.98 Å². The summed E-state index contributed by atoms with van der Waals surface area (Å²) in [4.78, 5) is 4.35. The van der Waals surface area contributed by atoms with Crippen LogP contribution in [0.2, 0.25) is 0 Å². The van der Waals surface area contributed by atoms with E-state index in [-0.39, 0.29) is 13.1 Å². The average molecular weight is 276 g/mol. The maximum absolute atomic E-state index is 5.40. The Labute approximate surface area is 116 Å². The van der Waals surface area contributed by atoms with Gasteiger partial charge in [0.15, 0.2) is 17.8 Å². The van der Waals surface area contributed by atoms with Crippen LogP contribution in [0.5, 0.6) is 11.5 Å². The van der Waals surface area contributed by atoms with Crippen molar-refractivity contribution in [2.24, 2.45) is 0 Å². The Hall–Kier alpha value is -2.05. The SMILES string of the molecule is COC(CNc1nccc2cc3c(cc12)OCO3)OC. The molecule has 1 aromatic carbocycles. The molecule has 6 heteroatoms. The topological polar surface area (TPSA) is 61.8 Å². The minimum absolute atomic E-state index is 0.261. The molecule has 1 aliphatic heterocycles. The first-order chi connectivity index (χ1) is 9.81. The Balaban J connectivity index is 1.91. The van der Waals surface area contributed by atoms with E-state index in [2.05, 4.69) is 10.3 Å². The molecule has 106 valence electrons. The van der Waals surface area contributed by atoms with Crippen molar-refractivity contribution < 1.29 is 18.9 Å². The van der Waals surface area contributed by atoms with E-state index in [1.807, 2.05) is 18.2 Å². The molecule has 0 saturated heterocycles. The van der Waals surface area contributed by atoms with Gasteiger partial charge in [0.25, 0.3) is 0 Å². The largest absolute Gasteiger partial charge is 0.454 e. The number of fused-ring (bicyclic) bond motifs is 2. The van der Waals surface area contributed by atoms with Gasteiger partial charge in [-0.15, -0.1) is 0 Å². The van der Waals surface area contributed by atoms with Gasteiger partial charge in [-0.3, -0.25) is 0 Å². The molecule has 0 atom stereocenters. The molecule has 2 heterocycles. The van der Waals surface area contributed by atoms with Gasteiger partial charge in [0.2, 0.25) is 6.79 Å². The molecule has 6 nitrogen and oxygen atoms in total. The molecule has 0 radical (unpaired) electrons. The number of benzene rings is 1. The minimum atomic E-state index is -0.318. The van der Waals surface area contributed by atoms with Crippen LogP contribution >= 0.6 is 0 Å². The van der Waals surface area contributed by atoms with Crippen molar-refractivity contribution in [2.75, 3.05) is 32.9 Å². The first-order valence-electron chi connectivity index (χ1n) is 6.29. The fraction of sp³-hybridized carbons (Fsp3) is 0.357. The lowest BCUT2D eigenvalue weighted by Crippen LogP contribution is -2.24. The molecule has 0 unspecified atom stereocenters. The summed E-state index contributed by atoms with van der Waals surface area (Å²) in [7, 11) is 3.20. The molecule has 0 spiro atoms. The second kappa shape index (κ2) is 5.52. The van der Waals surface area contributed by atoms with Crippen LogP contribution in [0.25, 0.3) is 10.8 Å². The highest BCUT2D eigenvalue weighted by Gasteiger charge is 2.16. The van der Waals surface area contributed by atoms with E-state index in [0.717, 1.165) is 28.1 Å². The molecule has 0 aliphatic carbocycles. The highest BCUT2D eigenvalue weighted by molar-refractivity contribution is 5.94. The van der Waals surface area contributed by atoms with E-state index < -0.39 is 0 Å². The third kappa shape index (κ3) is 2.35.